The highest BCUT2D eigenvalue weighted by molar-refractivity contribution is 5.90. The molecule has 4 N–H and O–H groups in total. The predicted molar refractivity (Wildman–Crippen MR) is 69.9 cm³/mol. The normalized spacial score (nSPS) is 17.6. The summed E-state index contributed by atoms with van der Waals surface area (Å²) in [4.78, 5) is 40.7. The van der Waals surface area contributed by atoms with E-state index in [1.54, 1.807) is 0 Å². The van der Waals surface area contributed by atoms with Crippen LogP contribution in [0.5, 0.6) is 0 Å². The van der Waals surface area contributed by atoms with E-state index in [-0.39, 0.29) is 19.1 Å². The first-order chi connectivity index (χ1) is 10.4. The van der Waals surface area contributed by atoms with Gasteiger partial charge in [0.05, 0.1) is 6.61 Å². The molecule has 1 aliphatic heterocycles. The van der Waals surface area contributed by atoms with Gasteiger partial charge in [-0.2, -0.15) is 0 Å². The summed E-state index contributed by atoms with van der Waals surface area (Å²) in [5.74, 6) is -3.04. The number of ether oxygens (including phenoxy) is 2. The number of carbonyl (C=O) groups is 4. The highest BCUT2D eigenvalue weighted by Crippen LogP contribution is 2.03. The van der Waals surface area contributed by atoms with E-state index in [1.807, 2.05) is 0 Å². The molecule has 1 aliphatic rings. The first-order valence-electron chi connectivity index (χ1n) is 6.44. The molecule has 0 amide bonds. The molecule has 0 aromatic heterocycles. The second kappa shape index (κ2) is 11.5. The Labute approximate surface area is 126 Å². The number of aliphatic carboxylic acids is 2. The third-order valence-electron chi connectivity index (χ3n) is 2.51. The van der Waals surface area contributed by atoms with Crippen LogP contribution < -0.4 is 5.32 Å². The maximum absolute atomic E-state index is 10.7. The zero-order valence-corrected chi connectivity index (χ0v) is 11.8. The average molecular weight is 321 g/mol. The second-order valence-corrected chi connectivity index (χ2v) is 4.28. The highest BCUT2D eigenvalue weighted by Gasteiger charge is 2.20. The molecule has 22 heavy (non-hydrogen) atoms. The molecule has 1 saturated heterocycles. The van der Waals surface area contributed by atoms with Crippen molar-refractivity contribution < 1.29 is 44.0 Å². The van der Waals surface area contributed by atoms with Crippen LogP contribution in [0.3, 0.4) is 0 Å². The van der Waals surface area contributed by atoms with Crippen molar-refractivity contribution in [3.05, 3.63) is 0 Å². The molecule has 2 atom stereocenters. The Hall–Kier alpha value is -2.20. The molecule has 0 aliphatic carbocycles. The van der Waals surface area contributed by atoms with Gasteiger partial charge in [-0.1, -0.05) is 0 Å². The third kappa shape index (κ3) is 9.66. The van der Waals surface area contributed by atoms with Gasteiger partial charge in [-0.15, -0.1) is 0 Å². The molecule has 10 nitrogen and oxygen atoms in total. The van der Waals surface area contributed by atoms with Crippen LogP contribution in [0.4, 0.5) is 0 Å². The van der Waals surface area contributed by atoms with E-state index in [0.717, 1.165) is 19.4 Å². The number of rotatable bonds is 8. The minimum atomic E-state index is -1.33. The summed E-state index contributed by atoms with van der Waals surface area (Å²) in [5.41, 5.74) is 0. The zero-order valence-electron chi connectivity index (χ0n) is 11.8. The average Bonchev–Trinajstić information content (AvgIpc) is 2.97. The molecule has 10 heteroatoms. The molecular formula is C12H19NO9. The van der Waals surface area contributed by atoms with E-state index in [1.165, 1.54) is 0 Å². The summed E-state index contributed by atoms with van der Waals surface area (Å²) in [6.45, 7) is 0.148. The van der Waals surface area contributed by atoms with Gasteiger partial charge in [-0.05, 0) is 19.4 Å². The first kappa shape index (κ1) is 19.8. The number of hydrogen-bond acceptors (Lipinski definition) is 8. The summed E-state index contributed by atoms with van der Waals surface area (Å²) >= 11 is 0. The van der Waals surface area contributed by atoms with Crippen molar-refractivity contribution in [1.82, 2.24) is 5.32 Å². The molecule has 0 bridgehead atoms. The molecule has 126 valence electrons. The Morgan fingerprint density at radius 3 is 2.36 bits per heavy atom. The number of carbonyl (C=O) groups excluding carboxylic acids is 2. The van der Waals surface area contributed by atoms with E-state index in [4.69, 9.17) is 15.3 Å². The monoisotopic (exact) mass is 321 g/mol. The summed E-state index contributed by atoms with van der Waals surface area (Å²) in [5, 5.41) is 28.0. The zero-order chi connectivity index (χ0) is 17.0. The van der Waals surface area contributed by atoms with E-state index in [2.05, 4.69) is 14.8 Å². The number of nitrogens with one attached hydrogen (secondary N) is 1. The maximum Gasteiger partial charge on any atom is 0.320 e. The van der Waals surface area contributed by atoms with Crippen LogP contribution in [0, 0.1) is 0 Å². The number of carboxylic acids is 2. The van der Waals surface area contributed by atoms with Crippen molar-refractivity contribution >= 4 is 24.4 Å². The van der Waals surface area contributed by atoms with Gasteiger partial charge in [0.2, 0.25) is 0 Å². The molecule has 2 unspecified atom stereocenters. The van der Waals surface area contributed by atoms with Crippen molar-refractivity contribution in [1.29, 1.82) is 0 Å². The van der Waals surface area contributed by atoms with Crippen LogP contribution in [-0.2, 0) is 28.7 Å². The SMILES string of the molecule is O=C(O)C1CCCN1.O=COCC(CO)OC(=O)CC(=O)O. The lowest BCUT2D eigenvalue weighted by Crippen LogP contribution is -2.29. The van der Waals surface area contributed by atoms with Crippen molar-refractivity contribution in [2.45, 2.75) is 31.4 Å². The van der Waals surface area contributed by atoms with Crippen molar-refractivity contribution in [3.63, 3.8) is 0 Å². The third-order valence-corrected chi connectivity index (χ3v) is 2.51. The fourth-order valence-electron chi connectivity index (χ4n) is 1.52. The largest absolute Gasteiger partial charge is 0.481 e. The van der Waals surface area contributed by atoms with Gasteiger partial charge in [0.25, 0.3) is 6.47 Å². The molecule has 0 aromatic rings. The molecule has 0 saturated carbocycles. The summed E-state index contributed by atoms with van der Waals surface area (Å²) in [6, 6.07) is -0.269. The standard InChI is InChI=1S/C7H10O7.C5H9NO2/c8-2-5(3-13-4-9)14-7(12)1-6(10)11;7-5(8)4-2-1-3-6-4/h4-5,8H,1-3H2,(H,10,11);4,6H,1-3H2,(H,7,8). The Bertz CT molecular complexity index is 379. The van der Waals surface area contributed by atoms with E-state index < -0.39 is 37.0 Å². The van der Waals surface area contributed by atoms with Crippen LogP contribution in [-0.4, -0.2) is 71.6 Å². The van der Waals surface area contributed by atoms with Crippen LogP contribution in [0.15, 0.2) is 0 Å². The van der Waals surface area contributed by atoms with Crippen LogP contribution in [0.25, 0.3) is 0 Å². The van der Waals surface area contributed by atoms with E-state index in [9.17, 15) is 19.2 Å². The molecule has 1 fully saturated rings. The molecule has 0 spiro atoms. The highest BCUT2D eigenvalue weighted by atomic mass is 16.6. The summed E-state index contributed by atoms with van der Waals surface area (Å²) < 4.78 is 8.69. The molecule has 1 heterocycles. The van der Waals surface area contributed by atoms with Gasteiger partial charge in [-0.25, -0.2) is 0 Å². The van der Waals surface area contributed by atoms with Crippen molar-refractivity contribution in [2.75, 3.05) is 19.8 Å². The lowest BCUT2D eigenvalue weighted by Gasteiger charge is -2.13. The minimum Gasteiger partial charge on any atom is -0.481 e. The van der Waals surface area contributed by atoms with Gasteiger partial charge in [-0.3, -0.25) is 19.2 Å². The van der Waals surface area contributed by atoms with E-state index >= 15 is 0 Å². The number of carboxylic acid groups (broad SMARTS) is 2. The Balaban J connectivity index is 0.000000461. The number of aliphatic hydroxyl groups is 1. The molecule has 0 aromatic carbocycles. The van der Waals surface area contributed by atoms with Crippen molar-refractivity contribution in [3.8, 4) is 0 Å². The molecular weight excluding hydrogens is 302 g/mol. The quantitative estimate of drug-likeness (QED) is 0.232. The number of aliphatic hydroxyl groups excluding tert-OH is 1. The van der Waals surface area contributed by atoms with Gasteiger partial charge in [0.1, 0.15) is 19.1 Å². The number of hydrogen-bond donors (Lipinski definition) is 4. The number of esters is 1. The van der Waals surface area contributed by atoms with Crippen LogP contribution in [0.2, 0.25) is 0 Å². The second-order valence-electron chi connectivity index (χ2n) is 4.28. The Kier molecular flexibility index (Phi) is 10.3. The fourth-order valence-corrected chi connectivity index (χ4v) is 1.52. The Morgan fingerprint density at radius 1 is 1.32 bits per heavy atom. The minimum absolute atomic E-state index is 0.133. The fraction of sp³-hybridized carbons (Fsp3) is 0.667. The first-order valence-corrected chi connectivity index (χ1v) is 6.44. The van der Waals surface area contributed by atoms with Crippen LogP contribution in [0.1, 0.15) is 19.3 Å². The van der Waals surface area contributed by atoms with Crippen LogP contribution >= 0.6 is 0 Å². The van der Waals surface area contributed by atoms with Gasteiger partial charge in [0, 0.05) is 0 Å². The molecule has 0 radical (unpaired) electrons. The summed E-state index contributed by atoms with van der Waals surface area (Å²) in [7, 11) is 0. The van der Waals surface area contributed by atoms with E-state index in [0.29, 0.717) is 0 Å². The lowest BCUT2D eigenvalue weighted by atomic mass is 10.2. The summed E-state index contributed by atoms with van der Waals surface area (Å²) in [6.07, 6.45) is -0.0313. The van der Waals surface area contributed by atoms with Crippen molar-refractivity contribution in [2.24, 2.45) is 0 Å². The van der Waals surface area contributed by atoms with Gasteiger partial charge in [0.15, 0.2) is 6.10 Å². The lowest BCUT2D eigenvalue weighted by molar-refractivity contribution is -0.161. The topological polar surface area (TPSA) is 159 Å². The molecule has 1 rings (SSSR count). The maximum atomic E-state index is 10.7. The van der Waals surface area contributed by atoms with Gasteiger partial charge < -0.3 is 30.1 Å². The Morgan fingerprint density at radius 2 is 2.00 bits per heavy atom. The predicted octanol–water partition coefficient (Wildman–Crippen LogP) is -1.64. The van der Waals surface area contributed by atoms with Gasteiger partial charge >= 0.3 is 17.9 Å². The smallest absolute Gasteiger partial charge is 0.320 e.